The molecular weight excluding hydrogens is 309 g/mol. The lowest BCUT2D eigenvalue weighted by Gasteiger charge is -2.39. The number of carbonyl (C=O) groups is 1. The number of hydrogen-bond donors (Lipinski definition) is 1. The Labute approximate surface area is 142 Å². The lowest BCUT2D eigenvalue weighted by molar-refractivity contribution is 0.0472. The van der Waals surface area contributed by atoms with Gasteiger partial charge in [-0.3, -0.25) is 4.98 Å². The zero-order valence-electron chi connectivity index (χ0n) is 14.8. The van der Waals surface area contributed by atoms with Crippen molar-refractivity contribution < 1.29 is 13.9 Å². The van der Waals surface area contributed by atoms with E-state index in [0.717, 1.165) is 31.6 Å². The van der Waals surface area contributed by atoms with Crippen molar-refractivity contribution >= 4 is 11.8 Å². The Morgan fingerprint density at radius 1 is 1.33 bits per heavy atom. The number of carbonyl (C=O) groups excluding carboxylic acids is 1. The predicted molar refractivity (Wildman–Crippen MR) is 90.5 cm³/mol. The summed E-state index contributed by atoms with van der Waals surface area (Å²) in [6, 6.07) is 1.92. The molecule has 2 fully saturated rings. The van der Waals surface area contributed by atoms with Crippen molar-refractivity contribution in [3.05, 3.63) is 23.8 Å². The van der Waals surface area contributed by atoms with E-state index in [1.807, 2.05) is 27.7 Å². The first-order valence-electron chi connectivity index (χ1n) is 8.59. The third kappa shape index (κ3) is 3.62. The van der Waals surface area contributed by atoms with Gasteiger partial charge in [0.05, 0.1) is 11.9 Å². The molecule has 1 saturated carbocycles. The third-order valence-corrected chi connectivity index (χ3v) is 4.83. The minimum atomic E-state index is -0.498. The summed E-state index contributed by atoms with van der Waals surface area (Å²) in [6.07, 6.45) is 3.03. The Morgan fingerprint density at radius 2 is 1.96 bits per heavy atom. The van der Waals surface area contributed by atoms with E-state index < -0.39 is 5.60 Å². The lowest BCUT2D eigenvalue weighted by Crippen LogP contribution is -2.53. The first-order chi connectivity index (χ1) is 11.2. The first-order valence-corrected chi connectivity index (χ1v) is 8.59. The highest BCUT2D eigenvalue weighted by Gasteiger charge is 2.43. The largest absolute Gasteiger partial charge is 0.444 e. The fourth-order valence-electron chi connectivity index (χ4n) is 3.87. The minimum Gasteiger partial charge on any atom is -0.444 e. The second-order valence-electron chi connectivity index (χ2n) is 7.95. The summed E-state index contributed by atoms with van der Waals surface area (Å²) in [7, 11) is 0. The van der Waals surface area contributed by atoms with Crippen LogP contribution in [0, 0.1) is 24.6 Å². The average Bonchev–Trinajstić information content (AvgIpc) is 2.70. The number of hydrogen-bond acceptors (Lipinski definition) is 4. The normalized spacial score (nSPS) is 26.4. The molecule has 0 unspecified atom stereocenters. The molecule has 3 atom stereocenters. The molecular formula is C18H26FN3O2. The number of aryl methyl sites for hydroxylation is 1. The molecule has 2 heterocycles. The maximum Gasteiger partial charge on any atom is 0.407 e. The molecule has 1 aromatic rings. The molecule has 2 bridgehead atoms. The van der Waals surface area contributed by atoms with Crippen molar-refractivity contribution in [2.75, 3.05) is 18.0 Å². The number of rotatable bonds is 2. The van der Waals surface area contributed by atoms with Crippen LogP contribution in [0.25, 0.3) is 0 Å². The van der Waals surface area contributed by atoms with Gasteiger partial charge >= 0.3 is 6.09 Å². The number of anilines is 1. The molecule has 6 heteroatoms. The monoisotopic (exact) mass is 335 g/mol. The van der Waals surface area contributed by atoms with Crippen LogP contribution in [-0.2, 0) is 4.74 Å². The smallest absolute Gasteiger partial charge is 0.407 e. The highest BCUT2D eigenvalue weighted by atomic mass is 19.1. The number of piperidine rings is 1. The van der Waals surface area contributed by atoms with E-state index in [0.29, 0.717) is 17.5 Å². The quantitative estimate of drug-likeness (QED) is 0.901. The first kappa shape index (κ1) is 17.0. The van der Waals surface area contributed by atoms with Crippen molar-refractivity contribution in [1.29, 1.82) is 0 Å². The van der Waals surface area contributed by atoms with Gasteiger partial charge < -0.3 is 15.0 Å². The second kappa shape index (κ2) is 6.22. The fourth-order valence-corrected chi connectivity index (χ4v) is 3.87. The zero-order valence-corrected chi connectivity index (χ0v) is 14.8. The Hall–Kier alpha value is -1.85. The van der Waals surface area contributed by atoms with Crippen molar-refractivity contribution in [2.45, 2.75) is 52.2 Å². The molecule has 1 aliphatic heterocycles. The van der Waals surface area contributed by atoms with Gasteiger partial charge in [-0.2, -0.15) is 0 Å². The number of amides is 1. The van der Waals surface area contributed by atoms with Gasteiger partial charge in [0.25, 0.3) is 0 Å². The SMILES string of the molecule is Cc1cc(N2C[C@H]3CC[C@@H](C2)[C@@H]3NC(=O)OC(C)(C)C)c(F)cn1. The van der Waals surface area contributed by atoms with E-state index in [-0.39, 0.29) is 18.0 Å². The number of pyridine rings is 1. The van der Waals surface area contributed by atoms with Crippen molar-refractivity contribution in [3.63, 3.8) is 0 Å². The Kier molecular flexibility index (Phi) is 4.40. The Balaban J connectivity index is 1.68. The lowest BCUT2D eigenvalue weighted by atomic mass is 9.92. The Bertz CT molecular complexity index is 615. The number of ether oxygens (including phenoxy) is 1. The van der Waals surface area contributed by atoms with Crippen LogP contribution in [-0.4, -0.2) is 35.8 Å². The van der Waals surface area contributed by atoms with E-state index in [2.05, 4.69) is 15.2 Å². The van der Waals surface area contributed by atoms with Gasteiger partial charge in [0.15, 0.2) is 5.82 Å². The second-order valence-corrected chi connectivity index (χ2v) is 7.95. The average molecular weight is 335 g/mol. The van der Waals surface area contributed by atoms with Gasteiger partial charge in [-0.1, -0.05) is 0 Å². The van der Waals surface area contributed by atoms with Crippen LogP contribution in [0.4, 0.5) is 14.9 Å². The molecule has 1 saturated heterocycles. The molecule has 1 aliphatic carbocycles. The van der Waals surface area contributed by atoms with Gasteiger partial charge in [-0.05, 0) is 58.4 Å². The molecule has 5 nitrogen and oxygen atoms in total. The standard InChI is InChI=1S/C18H26FN3O2/c1-11-7-15(14(19)8-20-11)22-9-12-5-6-13(10-22)16(12)21-17(23)24-18(2,3)4/h7-8,12-13,16H,5-6,9-10H2,1-4H3,(H,21,23)/t12-,13+,16-. The van der Waals surface area contributed by atoms with Crippen LogP contribution in [0.3, 0.4) is 0 Å². The molecule has 0 aromatic carbocycles. The van der Waals surface area contributed by atoms with Crippen LogP contribution in [0.2, 0.25) is 0 Å². The molecule has 0 spiro atoms. The summed E-state index contributed by atoms with van der Waals surface area (Å²) in [6.45, 7) is 8.94. The van der Waals surface area contributed by atoms with E-state index in [9.17, 15) is 9.18 Å². The molecule has 1 amide bonds. The fraction of sp³-hybridized carbons (Fsp3) is 0.667. The van der Waals surface area contributed by atoms with E-state index in [1.54, 1.807) is 6.07 Å². The third-order valence-electron chi connectivity index (χ3n) is 4.83. The predicted octanol–water partition coefficient (Wildman–Crippen LogP) is 3.27. The van der Waals surface area contributed by atoms with Gasteiger partial charge in [0, 0.05) is 24.8 Å². The van der Waals surface area contributed by atoms with E-state index >= 15 is 0 Å². The van der Waals surface area contributed by atoms with Crippen LogP contribution >= 0.6 is 0 Å². The van der Waals surface area contributed by atoms with Crippen LogP contribution < -0.4 is 10.2 Å². The number of alkyl carbamates (subject to hydrolysis) is 1. The van der Waals surface area contributed by atoms with Gasteiger partial charge in [0.1, 0.15) is 5.60 Å². The Morgan fingerprint density at radius 3 is 2.54 bits per heavy atom. The summed E-state index contributed by atoms with van der Waals surface area (Å²) in [5.41, 5.74) is 0.935. The number of fused-ring (bicyclic) bond motifs is 2. The summed E-state index contributed by atoms with van der Waals surface area (Å²) in [5.74, 6) is 0.367. The summed E-state index contributed by atoms with van der Waals surface area (Å²) < 4.78 is 19.5. The summed E-state index contributed by atoms with van der Waals surface area (Å²) >= 11 is 0. The molecule has 132 valence electrons. The van der Waals surface area contributed by atoms with Crippen molar-refractivity contribution in [2.24, 2.45) is 11.8 Å². The van der Waals surface area contributed by atoms with Crippen molar-refractivity contribution in [3.8, 4) is 0 Å². The molecule has 2 aliphatic rings. The molecule has 3 rings (SSSR count). The zero-order chi connectivity index (χ0) is 17.5. The van der Waals surface area contributed by atoms with E-state index in [1.165, 1.54) is 6.20 Å². The molecule has 1 N–H and O–H groups in total. The molecule has 24 heavy (non-hydrogen) atoms. The topological polar surface area (TPSA) is 54.5 Å². The molecule has 1 aromatic heterocycles. The highest BCUT2D eigenvalue weighted by molar-refractivity contribution is 5.68. The molecule has 0 radical (unpaired) electrons. The van der Waals surface area contributed by atoms with E-state index in [4.69, 9.17) is 4.74 Å². The van der Waals surface area contributed by atoms with Crippen LogP contribution in [0.1, 0.15) is 39.3 Å². The summed E-state index contributed by atoms with van der Waals surface area (Å²) in [4.78, 5) is 18.2. The van der Waals surface area contributed by atoms with Crippen molar-refractivity contribution in [1.82, 2.24) is 10.3 Å². The number of nitrogens with one attached hydrogen (secondary N) is 1. The number of aromatic nitrogens is 1. The number of nitrogens with zero attached hydrogens (tertiary/aromatic N) is 2. The minimum absolute atomic E-state index is 0.113. The number of halogens is 1. The maximum absolute atomic E-state index is 14.1. The van der Waals surface area contributed by atoms with Crippen LogP contribution in [0.5, 0.6) is 0 Å². The maximum atomic E-state index is 14.1. The van der Waals surface area contributed by atoms with Gasteiger partial charge in [-0.15, -0.1) is 0 Å². The summed E-state index contributed by atoms with van der Waals surface area (Å²) in [5, 5.41) is 3.04. The highest BCUT2D eigenvalue weighted by Crippen LogP contribution is 2.39. The van der Waals surface area contributed by atoms with Gasteiger partial charge in [0.2, 0.25) is 0 Å². The van der Waals surface area contributed by atoms with Crippen LogP contribution in [0.15, 0.2) is 12.3 Å². The van der Waals surface area contributed by atoms with Gasteiger partial charge in [-0.25, -0.2) is 9.18 Å².